The molecule has 2 heterocycles. The van der Waals surface area contributed by atoms with Crippen LogP contribution < -0.4 is 5.32 Å². The van der Waals surface area contributed by atoms with E-state index in [2.05, 4.69) is 15.3 Å². The average Bonchev–Trinajstić information content (AvgIpc) is 2.95. The Bertz CT molecular complexity index is 688. The first-order chi connectivity index (χ1) is 11.1. The van der Waals surface area contributed by atoms with Gasteiger partial charge in [-0.05, 0) is 24.8 Å². The van der Waals surface area contributed by atoms with Gasteiger partial charge in [0, 0.05) is 17.1 Å². The highest BCUT2D eigenvalue weighted by atomic mass is 32.2. The molecule has 1 N–H and O–H groups in total. The van der Waals surface area contributed by atoms with Gasteiger partial charge in [-0.25, -0.2) is 9.97 Å². The lowest BCUT2D eigenvalue weighted by Crippen LogP contribution is -2.12. The van der Waals surface area contributed by atoms with Crippen molar-refractivity contribution >= 4 is 40.1 Å². The molecule has 2 aromatic rings. The van der Waals surface area contributed by atoms with Crippen molar-refractivity contribution in [3.05, 3.63) is 35.0 Å². The number of thioether (sulfide) groups is 1. The molecule has 0 fully saturated rings. The third kappa shape index (κ3) is 5.33. The zero-order valence-corrected chi connectivity index (χ0v) is 14.5. The number of nitrogens with zero attached hydrogens (tertiary/aromatic N) is 2. The number of anilines is 1. The number of nitrogens with one attached hydrogen (secondary N) is 1. The molecule has 122 valence electrons. The summed E-state index contributed by atoms with van der Waals surface area (Å²) in [6.07, 6.45) is 1.72. The molecule has 2 aromatic heterocycles. The predicted molar refractivity (Wildman–Crippen MR) is 91.0 cm³/mol. The van der Waals surface area contributed by atoms with E-state index in [-0.39, 0.29) is 18.3 Å². The lowest BCUT2D eigenvalue weighted by molar-refractivity contribution is -0.142. The lowest BCUT2D eigenvalue weighted by atomic mass is 10.2. The summed E-state index contributed by atoms with van der Waals surface area (Å²) in [4.78, 5) is 32.1. The minimum Gasteiger partial charge on any atom is -0.466 e. The van der Waals surface area contributed by atoms with Crippen molar-refractivity contribution in [2.45, 2.75) is 25.3 Å². The summed E-state index contributed by atoms with van der Waals surface area (Å²) in [5.41, 5.74) is 1.11. The molecule has 0 aliphatic carbocycles. The number of carbonyl (C=O) groups excluding carboxylic acids is 2. The minimum absolute atomic E-state index is 0.104. The maximum Gasteiger partial charge on any atom is 0.311 e. The number of hydrogen-bond acceptors (Lipinski definition) is 7. The van der Waals surface area contributed by atoms with Crippen molar-refractivity contribution in [2.75, 3.05) is 17.7 Å². The first-order valence-electron chi connectivity index (χ1n) is 7.12. The van der Waals surface area contributed by atoms with Gasteiger partial charge < -0.3 is 4.74 Å². The number of thiazole rings is 1. The lowest BCUT2D eigenvalue weighted by Gasteiger charge is -2.03. The Labute approximate surface area is 142 Å². The monoisotopic (exact) mass is 351 g/mol. The molecule has 23 heavy (non-hydrogen) atoms. The summed E-state index contributed by atoms with van der Waals surface area (Å²) in [7, 11) is 0. The topological polar surface area (TPSA) is 81.2 Å². The van der Waals surface area contributed by atoms with E-state index < -0.39 is 0 Å². The van der Waals surface area contributed by atoms with Gasteiger partial charge in [0.1, 0.15) is 0 Å². The van der Waals surface area contributed by atoms with Gasteiger partial charge >= 0.3 is 5.97 Å². The van der Waals surface area contributed by atoms with Crippen molar-refractivity contribution in [2.24, 2.45) is 0 Å². The van der Waals surface area contributed by atoms with E-state index in [0.29, 0.717) is 23.0 Å². The number of ether oxygens (including phenoxy) is 1. The molecular formula is C15H17N3O3S2. The summed E-state index contributed by atoms with van der Waals surface area (Å²) in [5.74, 6) is 0.315. The molecule has 0 atom stereocenters. The molecule has 0 saturated carbocycles. The van der Waals surface area contributed by atoms with Gasteiger partial charge in [-0.1, -0.05) is 6.92 Å². The summed E-state index contributed by atoms with van der Waals surface area (Å²) in [6.45, 7) is 4.12. The van der Waals surface area contributed by atoms with Crippen LogP contribution in [0.2, 0.25) is 0 Å². The van der Waals surface area contributed by atoms with Crippen LogP contribution in [0, 0.1) is 0 Å². The molecule has 2 rings (SSSR count). The van der Waals surface area contributed by atoms with E-state index in [4.69, 9.17) is 4.74 Å². The number of aromatic nitrogens is 2. The number of esters is 1. The number of carbonyl (C=O) groups is 2. The maximum absolute atomic E-state index is 12.2. The number of amides is 1. The quantitative estimate of drug-likeness (QED) is 0.610. The van der Waals surface area contributed by atoms with Gasteiger partial charge in [-0.15, -0.1) is 23.1 Å². The Morgan fingerprint density at radius 2 is 2.22 bits per heavy atom. The van der Waals surface area contributed by atoms with Gasteiger partial charge in [-0.2, -0.15) is 0 Å². The van der Waals surface area contributed by atoms with Crippen LogP contribution in [0.15, 0.2) is 28.7 Å². The zero-order valence-electron chi connectivity index (χ0n) is 12.9. The molecular weight excluding hydrogens is 334 g/mol. The van der Waals surface area contributed by atoms with Gasteiger partial charge in [0.15, 0.2) is 5.13 Å². The highest BCUT2D eigenvalue weighted by Gasteiger charge is 2.12. The molecule has 0 radical (unpaired) electrons. The molecule has 0 aromatic carbocycles. The number of rotatable bonds is 7. The van der Waals surface area contributed by atoms with E-state index in [1.54, 1.807) is 42.4 Å². The van der Waals surface area contributed by atoms with Crippen molar-refractivity contribution in [1.82, 2.24) is 9.97 Å². The molecule has 0 bridgehead atoms. The van der Waals surface area contributed by atoms with Gasteiger partial charge in [0.25, 0.3) is 5.91 Å². The van der Waals surface area contributed by atoms with E-state index in [1.165, 1.54) is 11.3 Å². The second-order valence-corrected chi connectivity index (χ2v) is 6.54. The zero-order chi connectivity index (χ0) is 16.7. The Morgan fingerprint density at radius 3 is 2.96 bits per heavy atom. The molecule has 1 amide bonds. The smallest absolute Gasteiger partial charge is 0.311 e. The Kier molecular flexibility index (Phi) is 6.54. The summed E-state index contributed by atoms with van der Waals surface area (Å²) >= 11 is 2.85. The Morgan fingerprint density at radius 1 is 1.39 bits per heavy atom. The van der Waals surface area contributed by atoms with Gasteiger partial charge in [-0.3, -0.25) is 14.9 Å². The van der Waals surface area contributed by atoms with E-state index in [1.807, 2.05) is 6.92 Å². The summed E-state index contributed by atoms with van der Waals surface area (Å²) in [5, 5.41) is 5.73. The van der Waals surface area contributed by atoms with Crippen molar-refractivity contribution in [3.63, 3.8) is 0 Å². The van der Waals surface area contributed by atoms with Crippen LogP contribution in [0.1, 0.15) is 29.9 Å². The second kappa shape index (κ2) is 8.64. The molecule has 0 unspecified atom stereocenters. The second-order valence-electron chi connectivity index (χ2n) is 4.40. The molecule has 8 heteroatoms. The standard InChI is InChI=1S/C15H17N3O3S2/c1-3-21-13(19)8-11-9-23-15(17-11)18-14(20)10-5-6-16-12(7-10)22-4-2/h5-7,9H,3-4,8H2,1-2H3,(H,17,18,20). The van der Waals surface area contributed by atoms with E-state index in [9.17, 15) is 9.59 Å². The highest BCUT2D eigenvalue weighted by Crippen LogP contribution is 2.19. The predicted octanol–water partition coefficient (Wildman–Crippen LogP) is 3.01. The largest absolute Gasteiger partial charge is 0.466 e. The summed E-state index contributed by atoms with van der Waals surface area (Å²) in [6, 6.07) is 3.40. The number of hydrogen-bond donors (Lipinski definition) is 1. The number of pyridine rings is 1. The third-order valence-electron chi connectivity index (χ3n) is 2.69. The van der Waals surface area contributed by atoms with Crippen LogP contribution in [-0.2, 0) is 16.0 Å². The van der Waals surface area contributed by atoms with E-state index >= 15 is 0 Å². The fourth-order valence-corrected chi connectivity index (χ4v) is 3.10. The van der Waals surface area contributed by atoms with Crippen molar-refractivity contribution < 1.29 is 14.3 Å². The maximum atomic E-state index is 12.2. The normalized spacial score (nSPS) is 10.3. The first kappa shape index (κ1) is 17.4. The molecule has 0 saturated heterocycles. The third-order valence-corrected chi connectivity index (χ3v) is 4.31. The molecule has 6 nitrogen and oxygen atoms in total. The van der Waals surface area contributed by atoms with Crippen LogP contribution in [-0.4, -0.2) is 34.2 Å². The molecule has 0 aliphatic rings. The first-order valence-corrected chi connectivity index (χ1v) is 8.99. The van der Waals surface area contributed by atoms with Crippen LogP contribution in [0.3, 0.4) is 0 Å². The van der Waals surface area contributed by atoms with E-state index in [0.717, 1.165) is 10.8 Å². The van der Waals surface area contributed by atoms with Gasteiger partial charge in [0.05, 0.1) is 23.7 Å². The van der Waals surface area contributed by atoms with Crippen LogP contribution >= 0.6 is 23.1 Å². The van der Waals surface area contributed by atoms with Crippen molar-refractivity contribution in [3.8, 4) is 0 Å². The van der Waals surface area contributed by atoms with Gasteiger partial charge in [0.2, 0.25) is 0 Å². The Hall–Kier alpha value is -1.93. The van der Waals surface area contributed by atoms with Crippen LogP contribution in [0.25, 0.3) is 0 Å². The fourth-order valence-electron chi connectivity index (χ4n) is 1.75. The van der Waals surface area contributed by atoms with Crippen LogP contribution in [0.5, 0.6) is 0 Å². The summed E-state index contributed by atoms with van der Waals surface area (Å²) < 4.78 is 4.87. The fraction of sp³-hybridized carbons (Fsp3) is 0.333. The average molecular weight is 351 g/mol. The minimum atomic E-state index is -0.328. The molecule has 0 aliphatic heterocycles. The van der Waals surface area contributed by atoms with Crippen molar-refractivity contribution in [1.29, 1.82) is 0 Å². The van der Waals surface area contributed by atoms with Crippen LogP contribution in [0.4, 0.5) is 5.13 Å². The Balaban J connectivity index is 1.99. The molecule has 0 spiro atoms. The SMILES string of the molecule is CCOC(=O)Cc1csc(NC(=O)c2ccnc(SCC)c2)n1. The highest BCUT2D eigenvalue weighted by molar-refractivity contribution is 7.99.